The van der Waals surface area contributed by atoms with Crippen molar-refractivity contribution in [1.29, 1.82) is 0 Å². The molecule has 1 saturated heterocycles. The highest BCUT2D eigenvalue weighted by Gasteiger charge is 2.42. The average molecular weight is 544 g/mol. The van der Waals surface area contributed by atoms with E-state index in [1.165, 1.54) is 7.11 Å². The first-order valence-electron chi connectivity index (χ1n) is 12.3. The number of carbonyl (C=O) groups excluding carboxylic acids is 1. The van der Waals surface area contributed by atoms with Gasteiger partial charge < -0.3 is 34.3 Å². The summed E-state index contributed by atoms with van der Waals surface area (Å²) >= 11 is 5.90. The van der Waals surface area contributed by atoms with Crippen molar-refractivity contribution < 1.29 is 19.0 Å². The lowest BCUT2D eigenvalue weighted by molar-refractivity contribution is -0.119. The molecule has 2 aromatic carbocycles. The standard InChI is InChI=1S/C29H29N5O4S/c1-36-18-26(35)31-23-17-20(11-14-25(23)38-3)34-28(27(32-29(34)39)22-7-4-5-15-30-22)24-8-6-16-33(24)19-9-12-21(37-2)13-10-19/h4-17,27-28H,18H2,1-3H3,(H,31,35)(H,32,39)/t27-,28+/m1/s1. The SMILES string of the molecule is COCC(=O)Nc1cc(N2C(=S)N[C@H](c3ccccn3)[C@@H]2c2cccn2-c2ccc(OC)cc2)ccc1OC. The van der Waals surface area contributed by atoms with Gasteiger partial charge in [0, 0.05) is 36.6 Å². The fraction of sp³-hybridized carbons (Fsp3) is 0.207. The molecule has 1 fully saturated rings. The lowest BCUT2D eigenvalue weighted by Crippen LogP contribution is -2.30. The molecule has 0 unspecified atom stereocenters. The number of ether oxygens (including phenoxy) is 3. The summed E-state index contributed by atoms with van der Waals surface area (Å²) in [5.41, 5.74) is 4.15. The average Bonchev–Trinajstić information content (AvgIpc) is 3.58. The third kappa shape index (κ3) is 5.29. The van der Waals surface area contributed by atoms with E-state index < -0.39 is 0 Å². The number of aromatic nitrogens is 2. The zero-order valence-corrected chi connectivity index (χ0v) is 22.6. The summed E-state index contributed by atoms with van der Waals surface area (Å²) in [5, 5.41) is 6.90. The molecule has 0 saturated carbocycles. The van der Waals surface area contributed by atoms with Crippen LogP contribution >= 0.6 is 12.2 Å². The van der Waals surface area contributed by atoms with Gasteiger partial charge in [-0.25, -0.2) is 0 Å². The Kier molecular flexibility index (Phi) is 7.76. The van der Waals surface area contributed by atoms with E-state index in [1.54, 1.807) is 20.4 Å². The molecule has 2 atom stereocenters. The van der Waals surface area contributed by atoms with Gasteiger partial charge in [0.1, 0.15) is 24.1 Å². The van der Waals surface area contributed by atoms with Crippen LogP contribution in [-0.2, 0) is 9.53 Å². The molecule has 0 radical (unpaired) electrons. The molecule has 2 aromatic heterocycles. The van der Waals surface area contributed by atoms with Crippen LogP contribution in [0, 0.1) is 0 Å². The van der Waals surface area contributed by atoms with E-state index in [2.05, 4.69) is 31.2 Å². The van der Waals surface area contributed by atoms with Crippen molar-refractivity contribution in [1.82, 2.24) is 14.9 Å². The van der Waals surface area contributed by atoms with Gasteiger partial charge in [-0.2, -0.15) is 0 Å². The summed E-state index contributed by atoms with van der Waals surface area (Å²) in [6, 6.07) is 22.9. The number of carbonyl (C=O) groups is 1. The summed E-state index contributed by atoms with van der Waals surface area (Å²) in [6.07, 6.45) is 3.80. The molecule has 1 amide bonds. The summed E-state index contributed by atoms with van der Waals surface area (Å²) < 4.78 is 18.0. The minimum atomic E-state index is -0.286. The van der Waals surface area contributed by atoms with E-state index in [0.717, 1.165) is 28.5 Å². The minimum Gasteiger partial charge on any atom is -0.497 e. The summed E-state index contributed by atoms with van der Waals surface area (Å²) in [5.74, 6) is 1.03. The van der Waals surface area contributed by atoms with Crippen LogP contribution in [0.15, 0.2) is 85.2 Å². The maximum absolute atomic E-state index is 12.3. The maximum Gasteiger partial charge on any atom is 0.250 e. The lowest BCUT2D eigenvalue weighted by atomic mass is 10.0. The highest BCUT2D eigenvalue weighted by Crippen LogP contribution is 2.43. The molecule has 5 rings (SSSR count). The quantitative estimate of drug-likeness (QED) is 0.295. The van der Waals surface area contributed by atoms with Crippen molar-refractivity contribution in [2.45, 2.75) is 12.1 Å². The molecular weight excluding hydrogens is 514 g/mol. The number of nitrogens with zero attached hydrogens (tertiary/aromatic N) is 3. The molecule has 200 valence electrons. The third-order valence-corrected chi connectivity index (χ3v) is 6.86. The van der Waals surface area contributed by atoms with E-state index in [1.807, 2.05) is 72.9 Å². The van der Waals surface area contributed by atoms with Crippen LogP contribution in [-0.4, -0.2) is 48.5 Å². The lowest BCUT2D eigenvalue weighted by Gasteiger charge is -2.29. The monoisotopic (exact) mass is 543 g/mol. The molecule has 9 nitrogen and oxygen atoms in total. The van der Waals surface area contributed by atoms with Crippen LogP contribution in [0.4, 0.5) is 11.4 Å². The van der Waals surface area contributed by atoms with Crippen molar-refractivity contribution in [3.8, 4) is 17.2 Å². The minimum absolute atomic E-state index is 0.0726. The van der Waals surface area contributed by atoms with E-state index in [4.69, 9.17) is 26.4 Å². The molecule has 1 aliphatic heterocycles. The Morgan fingerprint density at radius 1 is 1.00 bits per heavy atom. The summed E-state index contributed by atoms with van der Waals surface area (Å²) in [6.45, 7) is -0.0726. The highest BCUT2D eigenvalue weighted by atomic mass is 32.1. The van der Waals surface area contributed by atoms with Crippen LogP contribution in [0.3, 0.4) is 0 Å². The van der Waals surface area contributed by atoms with Gasteiger partial charge in [-0.1, -0.05) is 6.07 Å². The van der Waals surface area contributed by atoms with E-state index in [-0.39, 0.29) is 24.6 Å². The van der Waals surface area contributed by atoms with Gasteiger partial charge in [-0.15, -0.1) is 0 Å². The van der Waals surface area contributed by atoms with Crippen molar-refractivity contribution in [3.63, 3.8) is 0 Å². The van der Waals surface area contributed by atoms with E-state index in [0.29, 0.717) is 16.5 Å². The van der Waals surface area contributed by atoms with Crippen LogP contribution in [0.2, 0.25) is 0 Å². The molecule has 4 aromatic rings. The normalized spacial score (nSPS) is 16.6. The molecule has 0 bridgehead atoms. The second kappa shape index (κ2) is 11.5. The van der Waals surface area contributed by atoms with Gasteiger partial charge in [0.2, 0.25) is 5.91 Å². The van der Waals surface area contributed by atoms with Crippen molar-refractivity contribution in [2.75, 3.05) is 38.2 Å². The number of benzene rings is 2. The first-order chi connectivity index (χ1) is 19.0. The fourth-order valence-electron chi connectivity index (χ4n) is 4.81. The van der Waals surface area contributed by atoms with Gasteiger partial charge >= 0.3 is 0 Å². The van der Waals surface area contributed by atoms with Crippen LogP contribution in [0.5, 0.6) is 11.5 Å². The third-order valence-electron chi connectivity index (χ3n) is 6.54. The number of anilines is 2. The predicted octanol–water partition coefficient (Wildman–Crippen LogP) is 4.65. The Bertz CT molecular complexity index is 1460. The molecular formula is C29H29N5O4S. The molecule has 10 heteroatoms. The Balaban J connectivity index is 1.61. The molecule has 2 N–H and O–H groups in total. The number of hydrogen-bond donors (Lipinski definition) is 2. The van der Waals surface area contributed by atoms with Crippen molar-refractivity contribution >= 4 is 34.6 Å². The Morgan fingerprint density at radius 2 is 1.79 bits per heavy atom. The van der Waals surface area contributed by atoms with Gasteiger partial charge in [0.15, 0.2) is 5.11 Å². The van der Waals surface area contributed by atoms with Gasteiger partial charge in [-0.05, 0) is 78.9 Å². The predicted molar refractivity (Wildman–Crippen MR) is 154 cm³/mol. The number of hydrogen-bond acceptors (Lipinski definition) is 6. The van der Waals surface area contributed by atoms with Gasteiger partial charge in [-0.3, -0.25) is 9.78 Å². The molecule has 0 aliphatic carbocycles. The number of amides is 1. The second-order valence-corrected chi connectivity index (χ2v) is 9.25. The zero-order chi connectivity index (χ0) is 27.4. The molecule has 0 spiro atoms. The van der Waals surface area contributed by atoms with Gasteiger partial charge in [0.25, 0.3) is 0 Å². The number of methoxy groups -OCH3 is 3. The fourth-order valence-corrected chi connectivity index (χ4v) is 5.15. The smallest absolute Gasteiger partial charge is 0.250 e. The van der Waals surface area contributed by atoms with Crippen LogP contribution < -0.4 is 25.0 Å². The van der Waals surface area contributed by atoms with Crippen molar-refractivity contribution in [3.05, 3.63) is 96.6 Å². The maximum atomic E-state index is 12.3. The summed E-state index contributed by atoms with van der Waals surface area (Å²) in [4.78, 5) is 19.0. The first-order valence-corrected chi connectivity index (χ1v) is 12.7. The Hall–Kier alpha value is -4.41. The largest absolute Gasteiger partial charge is 0.497 e. The van der Waals surface area contributed by atoms with Gasteiger partial charge in [0.05, 0.1) is 31.6 Å². The van der Waals surface area contributed by atoms with E-state index in [9.17, 15) is 4.79 Å². The Labute approximate surface area is 232 Å². The molecule has 39 heavy (non-hydrogen) atoms. The molecule has 3 heterocycles. The van der Waals surface area contributed by atoms with Crippen LogP contribution in [0.25, 0.3) is 5.69 Å². The number of nitrogens with one attached hydrogen (secondary N) is 2. The number of thiocarbonyl (C=S) groups is 1. The topological polar surface area (TPSA) is 89.9 Å². The van der Waals surface area contributed by atoms with Crippen LogP contribution in [0.1, 0.15) is 23.5 Å². The zero-order valence-electron chi connectivity index (χ0n) is 21.8. The highest BCUT2D eigenvalue weighted by molar-refractivity contribution is 7.80. The first kappa shape index (κ1) is 26.2. The second-order valence-electron chi connectivity index (χ2n) is 8.86. The number of pyridine rings is 1. The Morgan fingerprint density at radius 3 is 2.49 bits per heavy atom. The molecule has 1 aliphatic rings. The van der Waals surface area contributed by atoms with Crippen molar-refractivity contribution in [2.24, 2.45) is 0 Å². The number of rotatable bonds is 9. The summed E-state index contributed by atoms with van der Waals surface area (Å²) in [7, 11) is 4.68. The van der Waals surface area contributed by atoms with E-state index >= 15 is 0 Å².